The summed E-state index contributed by atoms with van der Waals surface area (Å²) in [6, 6.07) is 13.7. The summed E-state index contributed by atoms with van der Waals surface area (Å²) in [7, 11) is 1.64. The van der Waals surface area contributed by atoms with E-state index in [2.05, 4.69) is 11.4 Å². The standard InChI is InChI=1S/C19H22N2O2/c1-13-8-9-18(23-3)16(12-13)20-14(2)19(22)21-11-10-15-6-4-5-7-17(15)21/h4-9,12,14,20H,10-11H2,1-3H3. The summed E-state index contributed by atoms with van der Waals surface area (Å²) >= 11 is 0. The van der Waals surface area contributed by atoms with Crippen molar-refractivity contribution in [3.05, 3.63) is 53.6 Å². The molecule has 1 unspecified atom stereocenters. The normalized spacial score (nSPS) is 14.3. The van der Waals surface area contributed by atoms with Gasteiger partial charge in [-0.25, -0.2) is 0 Å². The summed E-state index contributed by atoms with van der Waals surface area (Å²) in [4.78, 5) is 14.7. The van der Waals surface area contributed by atoms with Crippen LogP contribution in [0.1, 0.15) is 18.1 Å². The number of nitrogens with one attached hydrogen (secondary N) is 1. The number of benzene rings is 2. The number of nitrogens with zero attached hydrogens (tertiary/aromatic N) is 1. The average molecular weight is 310 g/mol. The summed E-state index contributed by atoms with van der Waals surface area (Å²) in [5, 5.41) is 3.29. The number of carbonyl (C=O) groups excluding carboxylic acids is 1. The van der Waals surface area contributed by atoms with Gasteiger partial charge in [-0.1, -0.05) is 24.3 Å². The Morgan fingerprint density at radius 2 is 2.04 bits per heavy atom. The zero-order valence-corrected chi connectivity index (χ0v) is 13.8. The number of aryl methyl sites for hydroxylation is 1. The average Bonchev–Trinajstić information content (AvgIpc) is 2.98. The molecule has 1 atom stereocenters. The molecule has 2 aromatic rings. The molecular formula is C19H22N2O2. The zero-order chi connectivity index (χ0) is 16.4. The van der Waals surface area contributed by atoms with Crippen LogP contribution in [-0.2, 0) is 11.2 Å². The van der Waals surface area contributed by atoms with E-state index in [1.807, 2.05) is 55.1 Å². The van der Waals surface area contributed by atoms with Crippen molar-refractivity contribution in [1.82, 2.24) is 0 Å². The first-order valence-electron chi connectivity index (χ1n) is 7.90. The molecule has 0 saturated carbocycles. The van der Waals surface area contributed by atoms with Crippen LogP contribution in [0.3, 0.4) is 0 Å². The maximum Gasteiger partial charge on any atom is 0.249 e. The molecule has 0 radical (unpaired) electrons. The monoisotopic (exact) mass is 310 g/mol. The van der Waals surface area contributed by atoms with Gasteiger partial charge in [0.25, 0.3) is 0 Å². The molecule has 0 fully saturated rings. The number of para-hydroxylation sites is 1. The van der Waals surface area contributed by atoms with E-state index in [1.54, 1.807) is 7.11 Å². The summed E-state index contributed by atoms with van der Waals surface area (Å²) in [6.45, 7) is 4.66. The second kappa shape index (κ2) is 6.32. The highest BCUT2D eigenvalue weighted by Crippen LogP contribution is 2.30. The van der Waals surface area contributed by atoms with Gasteiger partial charge < -0.3 is 15.0 Å². The van der Waals surface area contributed by atoms with Gasteiger partial charge in [-0.3, -0.25) is 4.79 Å². The van der Waals surface area contributed by atoms with E-state index in [4.69, 9.17) is 4.74 Å². The van der Waals surface area contributed by atoms with Crippen LogP contribution in [-0.4, -0.2) is 25.6 Å². The highest BCUT2D eigenvalue weighted by atomic mass is 16.5. The number of ether oxygens (including phenoxy) is 1. The number of hydrogen-bond acceptors (Lipinski definition) is 3. The molecule has 23 heavy (non-hydrogen) atoms. The Balaban J connectivity index is 1.78. The van der Waals surface area contributed by atoms with Crippen molar-refractivity contribution in [1.29, 1.82) is 0 Å². The molecule has 4 heteroatoms. The lowest BCUT2D eigenvalue weighted by molar-refractivity contribution is -0.118. The minimum absolute atomic E-state index is 0.0820. The van der Waals surface area contributed by atoms with Crippen LogP contribution >= 0.6 is 0 Å². The van der Waals surface area contributed by atoms with Crippen molar-refractivity contribution in [2.75, 3.05) is 23.9 Å². The number of methoxy groups -OCH3 is 1. The Hall–Kier alpha value is -2.49. The van der Waals surface area contributed by atoms with E-state index in [-0.39, 0.29) is 11.9 Å². The number of fused-ring (bicyclic) bond motifs is 1. The Morgan fingerprint density at radius 1 is 1.26 bits per heavy atom. The Bertz CT molecular complexity index is 727. The molecule has 1 heterocycles. The van der Waals surface area contributed by atoms with Gasteiger partial charge in [-0.15, -0.1) is 0 Å². The van der Waals surface area contributed by atoms with Crippen molar-refractivity contribution < 1.29 is 9.53 Å². The van der Waals surface area contributed by atoms with Crippen LogP contribution in [0.5, 0.6) is 5.75 Å². The molecule has 2 aromatic carbocycles. The first-order valence-corrected chi connectivity index (χ1v) is 7.90. The van der Waals surface area contributed by atoms with E-state index in [0.29, 0.717) is 0 Å². The highest BCUT2D eigenvalue weighted by molar-refractivity contribution is 6.00. The fraction of sp³-hybridized carbons (Fsp3) is 0.316. The van der Waals surface area contributed by atoms with E-state index in [0.717, 1.165) is 35.7 Å². The summed E-state index contributed by atoms with van der Waals surface area (Å²) < 4.78 is 5.38. The molecule has 4 nitrogen and oxygen atoms in total. The molecule has 1 aliphatic heterocycles. The largest absolute Gasteiger partial charge is 0.495 e. The van der Waals surface area contributed by atoms with E-state index in [9.17, 15) is 4.79 Å². The second-order valence-corrected chi connectivity index (χ2v) is 5.94. The van der Waals surface area contributed by atoms with Crippen LogP contribution in [0, 0.1) is 6.92 Å². The third-order valence-electron chi connectivity index (χ3n) is 4.25. The fourth-order valence-corrected chi connectivity index (χ4v) is 3.03. The molecule has 1 N–H and O–H groups in total. The lowest BCUT2D eigenvalue weighted by Gasteiger charge is -2.24. The SMILES string of the molecule is COc1ccc(C)cc1NC(C)C(=O)N1CCc2ccccc21. The topological polar surface area (TPSA) is 41.6 Å². The van der Waals surface area contributed by atoms with Gasteiger partial charge in [-0.2, -0.15) is 0 Å². The fourth-order valence-electron chi connectivity index (χ4n) is 3.03. The lowest BCUT2D eigenvalue weighted by atomic mass is 10.1. The van der Waals surface area contributed by atoms with Crippen molar-refractivity contribution in [3.63, 3.8) is 0 Å². The lowest BCUT2D eigenvalue weighted by Crippen LogP contribution is -2.40. The Morgan fingerprint density at radius 3 is 2.83 bits per heavy atom. The van der Waals surface area contributed by atoms with Gasteiger partial charge in [0.2, 0.25) is 5.91 Å². The zero-order valence-electron chi connectivity index (χ0n) is 13.8. The quantitative estimate of drug-likeness (QED) is 0.941. The highest BCUT2D eigenvalue weighted by Gasteiger charge is 2.28. The third-order valence-corrected chi connectivity index (χ3v) is 4.25. The van der Waals surface area contributed by atoms with Crippen molar-refractivity contribution >= 4 is 17.3 Å². The van der Waals surface area contributed by atoms with Gasteiger partial charge in [-0.05, 0) is 49.6 Å². The first kappa shape index (κ1) is 15.4. The maximum absolute atomic E-state index is 12.8. The van der Waals surface area contributed by atoms with Crippen molar-refractivity contribution in [3.8, 4) is 5.75 Å². The molecule has 0 saturated heterocycles. The third kappa shape index (κ3) is 3.02. The van der Waals surface area contributed by atoms with Gasteiger partial charge in [0.1, 0.15) is 11.8 Å². The molecule has 1 amide bonds. The molecule has 120 valence electrons. The summed E-state index contributed by atoms with van der Waals surface area (Å²) in [5.74, 6) is 0.829. The maximum atomic E-state index is 12.8. The number of rotatable bonds is 4. The number of amides is 1. The van der Waals surface area contributed by atoms with Crippen LogP contribution in [0.25, 0.3) is 0 Å². The molecule has 0 aromatic heterocycles. The second-order valence-electron chi connectivity index (χ2n) is 5.94. The minimum atomic E-state index is -0.322. The predicted octanol–water partition coefficient (Wildman–Crippen LogP) is 3.39. The van der Waals surface area contributed by atoms with Gasteiger partial charge in [0.15, 0.2) is 0 Å². The molecule has 3 rings (SSSR count). The van der Waals surface area contributed by atoms with Gasteiger partial charge >= 0.3 is 0 Å². The van der Waals surface area contributed by atoms with E-state index >= 15 is 0 Å². The molecule has 0 bridgehead atoms. The molecule has 0 spiro atoms. The van der Waals surface area contributed by atoms with E-state index in [1.165, 1.54) is 5.56 Å². The Labute approximate surface area is 137 Å². The van der Waals surface area contributed by atoms with Crippen molar-refractivity contribution in [2.45, 2.75) is 26.3 Å². The van der Waals surface area contributed by atoms with Crippen LogP contribution < -0.4 is 15.0 Å². The van der Waals surface area contributed by atoms with Crippen LogP contribution in [0.4, 0.5) is 11.4 Å². The summed E-state index contributed by atoms with van der Waals surface area (Å²) in [6.07, 6.45) is 0.919. The summed E-state index contributed by atoms with van der Waals surface area (Å²) in [5.41, 5.74) is 4.24. The Kier molecular flexibility index (Phi) is 4.24. The number of anilines is 2. The van der Waals surface area contributed by atoms with Gasteiger partial charge in [0.05, 0.1) is 12.8 Å². The molecule has 0 aliphatic carbocycles. The molecular weight excluding hydrogens is 288 g/mol. The van der Waals surface area contributed by atoms with Crippen LogP contribution in [0.2, 0.25) is 0 Å². The smallest absolute Gasteiger partial charge is 0.249 e. The number of hydrogen-bond donors (Lipinski definition) is 1. The van der Waals surface area contributed by atoms with E-state index < -0.39 is 0 Å². The van der Waals surface area contributed by atoms with Crippen LogP contribution in [0.15, 0.2) is 42.5 Å². The first-order chi connectivity index (χ1) is 11.1. The molecule has 1 aliphatic rings. The predicted molar refractivity (Wildman–Crippen MR) is 93.3 cm³/mol. The van der Waals surface area contributed by atoms with Gasteiger partial charge in [0, 0.05) is 12.2 Å². The minimum Gasteiger partial charge on any atom is -0.495 e. The number of carbonyl (C=O) groups is 1. The van der Waals surface area contributed by atoms with Crippen molar-refractivity contribution in [2.24, 2.45) is 0 Å².